The van der Waals surface area contributed by atoms with E-state index in [1.165, 1.54) is 5.56 Å². The summed E-state index contributed by atoms with van der Waals surface area (Å²) in [6.07, 6.45) is 1.33. The third-order valence-electron chi connectivity index (χ3n) is 4.94. The number of hydrogen-bond acceptors (Lipinski definition) is 4. The Hall–Kier alpha value is -2.66. The number of nitrogens with zero attached hydrogens (tertiary/aromatic N) is 3. The van der Waals surface area contributed by atoms with Gasteiger partial charge in [0.2, 0.25) is 5.91 Å². The largest absolute Gasteiger partial charge is 0.334 e. The van der Waals surface area contributed by atoms with E-state index >= 15 is 0 Å². The smallest absolute Gasteiger partial charge is 0.257 e. The molecule has 1 unspecified atom stereocenters. The van der Waals surface area contributed by atoms with Gasteiger partial charge in [-0.2, -0.15) is 4.98 Å². The van der Waals surface area contributed by atoms with Crippen LogP contribution in [0, 0.1) is 6.92 Å². The van der Waals surface area contributed by atoms with Gasteiger partial charge in [-0.15, -0.1) is 0 Å². The van der Waals surface area contributed by atoms with Gasteiger partial charge in [-0.1, -0.05) is 41.9 Å². The van der Waals surface area contributed by atoms with Crippen molar-refractivity contribution in [2.45, 2.75) is 32.6 Å². The van der Waals surface area contributed by atoms with Crippen molar-refractivity contribution >= 4 is 23.2 Å². The van der Waals surface area contributed by atoms with E-state index in [-0.39, 0.29) is 11.8 Å². The monoisotopic (exact) mass is 381 g/mol. The van der Waals surface area contributed by atoms with Gasteiger partial charge in [-0.3, -0.25) is 4.79 Å². The third-order valence-corrected chi connectivity index (χ3v) is 5.24. The van der Waals surface area contributed by atoms with Crippen molar-refractivity contribution in [1.82, 2.24) is 10.1 Å². The molecule has 6 heteroatoms. The summed E-state index contributed by atoms with van der Waals surface area (Å²) in [7, 11) is 0. The maximum Gasteiger partial charge on any atom is 0.257 e. The number of carbonyl (C=O) groups is 1. The highest BCUT2D eigenvalue weighted by Crippen LogP contribution is 2.35. The van der Waals surface area contributed by atoms with E-state index in [2.05, 4.69) is 29.2 Å². The average Bonchev–Trinajstić information content (AvgIpc) is 3.29. The fourth-order valence-electron chi connectivity index (χ4n) is 3.35. The van der Waals surface area contributed by atoms with Crippen molar-refractivity contribution in [2.75, 3.05) is 11.4 Å². The van der Waals surface area contributed by atoms with Crippen LogP contribution in [-0.2, 0) is 11.2 Å². The minimum Gasteiger partial charge on any atom is -0.334 e. The summed E-state index contributed by atoms with van der Waals surface area (Å²) < 4.78 is 5.44. The Balaban J connectivity index is 1.54. The fourth-order valence-corrected chi connectivity index (χ4v) is 3.68. The number of aryl methyl sites for hydroxylation is 2. The van der Waals surface area contributed by atoms with Crippen molar-refractivity contribution in [3.63, 3.8) is 0 Å². The van der Waals surface area contributed by atoms with E-state index in [1.807, 2.05) is 37.3 Å². The van der Waals surface area contributed by atoms with Crippen molar-refractivity contribution in [2.24, 2.45) is 0 Å². The molecule has 0 spiro atoms. The van der Waals surface area contributed by atoms with Crippen LogP contribution in [0.5, 0.6) is 0 Å². The average molecular weight is 382 g/mol. The molecule has 0 aliphatic carbocycles. The lowest BCUT2D eigenvalue weighted by molar-refractivity contribution is -0.117. The van der Waals surface area contributed by atoms with Gasteiger partial charge < -0.3 is 9.42 Å². The molecule has 5 nitrogen and oxygen atoms in total. The molecule has 27 heavy (non-hydrogen) atoms. The first kappa shape index (κ1) is 17.7. The van der Waals surface area contributed by atoms with Gasteiger partial charge in [-0.25, -0.2) is 0 Å². The minimum atomic E-state index is -0.109. The first-order valence-corrected chi connectivity index (χ1v) is 9.42. The van der Waals surface area contributed by atoms with Crippen LogP contribution in [0.25, 0.3) is 11.5 Å². The van der Waals surface area contributed by atoms with E-state index in [4.69, 9.17) is 16.1 Å². The van der Waals surface area contributed by atoms with Gasteiger partial charge in [0, 0.05) is 24.4 Å². The molecule has 1 aliphatic heterocycles. The summed E-state index contributed by atoms with van der Waals surface area (Å²) in [6.45, 7) is 4.58. The van der Waals surface area contributed by atoms with Gasteiger partial charge in [0.1, 0.15) is 0 Å². The molecule has 1 atom stereocenters. The highest BCUT2D eigenvalue weighted by molar-refractivity contribution is 6.34. The molecule has 1 aliphatic rings. The topological polar surface area (TPSA) is 59.2 Å². The molecule has 1 saturated heterocycles. The second-order valence-electron chi connectivity index (χ2n) is 6.87. The lowest BCUT2D eigenvalue weighted by Gasteiger charge is -2.18. The van der Waals surface area contributed by atoms with Crippen molar-refractivity contribution in [1.29, 1.82) is 0 Å². The van der Waals surface area contributed by atoms with Crippen molar-refractivity contribution < 1.29 is 9.32 Å². The first-order valence-electron chi connectivity index (χ1n) is 9.04. The Kier molecular flexibility index (Phi) is 4.70. The summed E-state index contributed by atoms with van der Waals surface area (Å²) in [4.78, 5) is 18.8. The first-order chi connectivity index (χ1) is 13.0. The molecule has 138 valence electrons. The summed E-state index contributed by atoms with van der Waals surface area (Å²) in [6, 6.07) is 13.8. The van der Waals surface area contributed by atoms with Crippen molar-refractivity contribution in [3.05, 3.63) is 64.4 Å². The molecule has 3 aromatic rings. The zero-order valence-electron chi connectivity index (χ0n) is 15.3. The second kappa shape index (κ2) is 7.16. The number of rotatable bonds is 4. The zero-order valence-corrected chi connectivity index (χ0v) is 16.0. The van der Waals surface area contributed by atoms with Crippen LogP contribution in [-0.4, -0.2) is 22.6 Å². The fraction of sp³-hybridized carbons (Fsp3) is 0.286. The normalized spacial score (nSPS) is 16.9. The lowest BCUT2D eigenvalue weighted by Crippen LogP contribution is -2.24. The van der Waals surface area contributed by atoms with E-state index < -0.39 is 0 Å². The number of anilines is 1. The molecule has 0 N–H and O–H groups in total. The molecule has 2 aromatic carbocycles. The van der Waals surface area contributed by atoms with Gasteiger partial charge in [0.05, 0.1) is 10.7 Å². The number of amides is 1. The number of halogens is 1. The van der Waals surface area contributed by atoms with Crippen LogP contribution in [0.1, 0.15) is 36.2 Å². The molecule has 1 aromatic heterocycles. The van der Waals surface area contributed by atoms with E-state index in [0.29, 0.717) is 29.7 Å². The van der Waals surface area contributed by atoms with Gasteiger partial charge >= 0.3 is 0 Å². The van der Waals surface area contributed by atoms with Gasteiger partial charge in [0.15, 0.2) is 5.82 Å². The van der Waals surface area contributed by atoms with Crippen molar-refractivity contribution in [3.8, 4) is 11.5 Å². The molecule has 4 rings (SSSR count). The molecule has 0 radical (unpaired) electrons. The lowest BCUT2D eigenvalue weighted by atomic mass is 10.1. The predicted molar refractivity (Wildman–Crippen MR) is 105 cm³/mol. The second-order valence-corrected chi connectivity index (χ2v) is 7.28. The highest BCUT2D eigenvalue weighted by Gasteiger charge is 2.35. The zero-order chi connectivity index (χ0) is 19.0. The summed E-state index contributed by atoms with van der Waals surface area (Å²) >= 11 is 6.33. The van der Waals surface area contributed by atoms with Gasteiger partial charge in [-0.05, 0) is 48.7 Å². The van der Waals surface area contributed by atoms with Crippen LogP contribution in [0.15, 0.2) is 47.0 Å². The quantitative estimate of drug-likeness (QED) is 0.652. The SMILES string of the molecule is CCc1ccc(-c2nc(C3CC(=O)N(c4ccc(C)cc4Cl)C3)no2)cc1. The number of hydrogen-bond donors (Lipinski definition) is 0. The number of benzene rings is 2. The predicted octanol–water partition coefficient (Wildman–Crippen LogP) is 4.78. The third kappa shape index (κ3) is 3.47. The summed E-state index contributed by atoms with van der Waals surface area (Å²) in [5.41, 5.74) is 3.93. The number of aromatic nitrogens is 2. The van der Waals surface area contributed by atoms with Gasteiger partial charge in [0.25, 0.3) is 5.89 Å². The van der Waals surface area contributed by atoms with Crippen LogP contribution in [0.2, 0.25) is 5.02 Å². The Morgan fingerprint density at radius 1 is 1.22 bits per heavy atom. The Bertz CT molecular complexity index is 981. The van der Waals surface area contributed by atoms with Crippen LogP contribution >= 0.6 is 11.6 Å². The Morgan fingerprint density at radius 2 is 2.00 bits per heavy atom. The molecule has 0 bridgehead atoms. The minimum absolute atomic E-state index is 0.0180. The number of carbonyl (C=O) groups excluding carboxylic acids is 1. The van der Waals surface area contributed by atoms with E-state index in [1.54, 1.807) is 4.90 Å². The van der Waals surface area contributed by atoms with Crippen LogP contribution in [0.4, 0.5) is 5.69 Å². The van der Waals surface area contributed by atoms with E-state index in [0.717, 1.165) is 23.2 Å². The maximum atomic E-state index is 12.5. The Morgan fingerprint density at radius 3 is 2.70 bits per heavy atom. The van der Waals surface area contributed by atoms with Crippen LogP contribution < -0.4 is 4.90 Å². The Labute approximate surface area is 163 Å². The molecular formula is C21H20ClN3O2. The summed E-state index contributed by atoms with van der Waals surface area (Å²) in [5.74, 6) is 0.947. The summed E-state index contributed by atoms with van der Waals surface area (Å²) in [5, 5.41) is 4.70. The maximum absolute atomic E-state index is 12.5. The molecular weight excluding hydrogens is 362 g/mol. The van der Waals surface area contributed by atoms with E-state index in [9.17, 15) is 4.79 Å². The molecule has 1 amide bonds. The molecule has 1 fully saturated rings. The standard InChI is InChI=1S/C21H20ClN3O2/c1-3-14-5-7-15(8-6-14)21-23-20(24-27-21)16-11-19(26)25(12-16)18-9-4-13(2)10-17(18)22/h4-10,16H,3,11-12H2,1-2H3. The van der Waals surface area contributed by atoms with Crippen LogP contribution in [0.3, 0.4) is 0 Å². The molecule has 2 heterocycles. The highest BCUT2D eigenvalue weighted by atomic mass is 35.5. The molecule has 0 saturated carbocycles.